The highest BCUT2D eigenvalue weighted by molar-refractivity contribution is 7.26. The van der Waals surface area contributed by atoms with Crippen LogP contribution in [0.25, 0.3) is 109 Å². The quantitative estimate of drug-likeness (QED) is 0.185. The molecule has 0 spiro atoms. The average molecular weight is 682 g/mol. The monoisotopic (exact) mass is 681 g/mol. The summed E-state index contributed by atoms with van der Waals surface area (Å²) in [5.41, 5.74) is 6.95. The summed E-state index contributed by atoms with van der Waals surface area (Å²) in [5, 5.41) is 9.21. The Morgan fingerprint density at radius 2 is 1.00 bits per heavy atom. The van der Waals surface area contributed by atoms with Crippen molar-refractivity contribution in [3.05, 3.63) is 164 Å². The summed E-state index contributed by atoms with van der Waals surface area (Å²) in [6.45, 7) is 0. The van der Waals surface area contributed by atoms with Crippen molar-refractivity contribution < 1.29 is 4.42 Å². The highest BCUT2D eigenvalue weighted by atomic mass is 32.1. The van der Waals surface area contributed by atoms with Gasteiger partial charge in [0.25, 0.3) is 0 Å². The summed E-state index contributed by atoms with van der Waals surface area (Å²) >= 11 is 1.78. The third kappa shape index (κ3) is 4.50. The molecule has 0 N–H and O–H groups in total. The van der Waals surface area contributed by atoms with Gasteiger partial charge in [0.1, 0.15) is 11.2 Å². The lowest BCUT2D eigenvalue weighted by atomic mass is 9.92. The summed E-state index contributed by atoms with van der Waals surface area (Å²) < 4.78 is 8.70. The minimum absolute atomic E-state index is 0.640. The van der Waals surface area contributed by atoms with Crippen molar-refractivity contribution in [2.24, 2.45) is 0 Å². The van der Waals surface area contributed by atoms with E-state index in [1.807, 2.05) is 18.2 Å². The second kappa shape index (κ2) is 11.4. The van der Waals surface area contributed by atoms with Crippen molar-refractivity contribution >= 4 is 75.0 Å². The van der Waals surface area contributed by atoms with Gasteiger partial charge in [-0.15, -0.1) is 11.3 Å². The van der Waals surface area contributed by atoms with Gasteiger partial charge in [0, 0.05) is 47.6 Å². The fraction of sp³-hybridized carbons (Fsp3) is 0. The standard InChI is InChI=1S/C47H27N3OS/c1-2-12-29-27-30(24-23-28(29)11-1)45-48-46(50-47(49-45)39-19-9-18-36-34-15-6-8-22-42(34)52-44(36)39)37-26-25-33(31-13-3-4-14-32(31)37)35-17-10-21-41-43(35)38-16-5-7-20-40(38)51-41/h1-27H. The number of para-hydroxylation sites is 1. The highest BCUT2D eigenvalue weighted by Gasteiger charge is 2.20. The predicted molar refractivity (Wildman–Crippen MR) is 217 cm³/mol. The SMILES string of the molecule is c1ccc2cc(-c3nc(-c4ccc(-c5cccc6oc7ccccc7c56)c5ccccc45)nc(-c4cccc5c4sc4ccccc45)n3)ccc2c1. The number of furan rings is 1. The van der Waals surface area contributed by atoms with E-state index in [2.05, 4.69) is 146 Å². The Balaban J connectivity index is 1.16. The van der Waals surface area contributed by atoms with Crippen LogP contribution < -0.4 is 0 Å². The molecule has 3 aromatic heterocycles. The largest absolute Gasteiger partial charge is 0.456 e. The lowest BCUT2D eigenvalue weighted by Gasteiger charge is -2.14. The normalized spacial score (nSPS) is 11.8. The zero-order valence-electron chi connectivity index (χ0n) is 27.7. The summed E-state index contributed by atoms with van der Waals surface area (Å²) in [6.07, 6.45) is 0. The summed E-state index contributed by atoms with van der Waals surface area (Å²) in [4.78, 5) is 15.7. The second-order valence-electron chi connectivity index (χ2n) is 13.1. The van der Waals surface area contributed by atoms with Crippen molar-refractivity contribution in [3.8, 4) is 45.3 Å². The maximum absolute atomic E-state index is 6.28. The van der Waals surface area contributed by atoms with Gasteiger partial charge in [0.05, 0.1) is 0 Å². The van der Waals surface area contributed by atoms with Crippen LogP contribution in [-0.2, 0) is 0 Å². The molecule has 11 aromatic rings. The molecule has 0 saturated heterocycles. The number of hydrogen-bond acceptors (Lipinski definition) is 5. The Bertz CT molecular complexity index is 3210. The third-order valence-electron chi connectivity index (χ3n) is 10.1. The number of benzene rings is 8. The molecule has 0 aliphatic rings. The van der Waals surface area contributed by atoms with Gasteiger partial charge in [-0.3, -0.25) is 0 Å². The van der Waals surface area contributed by atoms with Gasteiger partial charge in [0.2, 0.25) is 0 Å². The minimum Gasteiger partial charge on any atom is -0.456 e. The van der Waals surface area contributed by atoms with Gasteiger partial charge in [-0.25, -0.2) is 15.0 Å². The fourth-order valence-electron chi connectivity index (χ4n) is 7.73. The van der Waals surface area contributed by atoms with Gasteiger partial charge in [-0.2, -0.15) is 0 Å². The van der Waals surface area contributed by atoms with Gasteiger partial charge >= 0.3 is 0 Å². The van der Waals surface area contributed by atoms with Crippen molar-refractivity contribution in [2.45, 2.75) is 0 Å². The number of aromatic nitrogens is 3. The first-order chi connectivity index (χ1) is 25.8. The van der Waals surface area contributed by atoms with Gasteiger partial charge in [-0.05, 0) is 69.1 Å². The summed E-state index contributed by atoms with van der Waals surface area (Å²) in [5.74, 6) is 1.95. The fourth-order valence-corrected chi connectivity index (χ4v) is 8.94. The molecule has 0 atom stereocenters. The molecule has 4 nitrogen and oxygen atoms in total. The number of fused-ring (bicyclic) bond motifs is 8. The van der Waals surface area contributed by atoms with Crippen LogP contribution in [-0.4, -0.2) is 15.0 Å². The number of hydrogen-bond donors (Lipinski definition) is 0. The molecule has 0 aliphatic heterocycles. The van der Waals surface area contributed by atoms with E-state index in [1.54, 1.807) is 11.3 Å². The van der Waals surface area contributed by atoms with Crippen LogP contribution in [0.2, 0.25) is 0 Å². The van der Waals surface area contributed by atoms with E-state index in [-0.39, 0.29) is 0 Å². The van der Waals surface area contributed by atoms with E-state index in [0.717, 1.165) is 65.9 Å². The second-order valence-corrected chi connectivity index (χ2v) is 14.2. The molecular weight excluding hydrogens is 655 g/mol. The smallest absolute Gasteiger partial charge is 0.165 e. The van der Waals surface area contributed by atoms with E-state index < -0.39 is 0 Å². The van der Waals surface area contributed by atoms with Crippen LogP contribution in [0.4, 0.5) is 0 Å². The number of rotatable bonds is 4. The molecule has 0 bridgehead atoms. The molecule has 52 heavy (non-hydrogen) atoms. The predicted octanol–water partition coefficient (Wildman–Crippen LogP) is 13.1. The van der Waals surface area contributed by atoms with Crippen LogP contribution in [0.1, 0.15) is 0 Å². The lowest BCUT2D eigenvalue weighted by Crippen LogP contribution is -2.01. The molecule has 5 heteroatoms. The molecule has 11 rings (SSSR count). The first kappa shape index (κ1) is 29.1. The summed E-state index contributed by atoms with van der Waals surface area (Å²) in [7, 11) is 0. The number of nitrogens with zero attached hydrogens (tertiary/aromatic N) is 3. The Kier molecular flexibility index (Phi) is 6.39. The molecule has 0 radical (unpaired) electrons. The van der Waals surface area contributed by atoms with Crippen molar-refractivity contribution in [1.29, 1.82) is 0 Å². The Morgan fingerprint density at radius 1 is 0.385 bits per heavy atom. The van der Waals surface area contributed by atoms with Crippen LogP contribution in [0.15, 0.2) is 168 Å². The first-order valence-electron chi connectivity index (χ1n) is 17.4. The Morgan fingerprint density at radius 3 is 1.88 bits per heavy atom. The molecule has 3 heterocycles. The van der Waals surface area contributed by atoms with Crippen molar-refractivity contribution in [3.63, 3.8) is 0 Å². The molecule has 0 fully saturated rings. The zero-order valence-corrected chi connectivity index (χ0v) is 28.6. The maximum Gasteiger partial charge on any atom is 0.165 e. The molecule has 0 unspecified atom stereocenters. The molecule has 242 valence electrons. The maximum atomic E-state index is 6.28. The van der Waals surface area contributed by atoms with E-state index in [9.17, 15) is 0 Å². The first-order valence-corrected chi connectivity index (χ1v) is 18.2. The van der Waals surface area contributed by atoms with Crippen LogP contribution in [0.3, 0.4) is 0 Å². The molecule has 0 saturated carbocycles. The lowest BCUT2D eigenvalue weighted by molar-refractivity contribution is 0.669. The Hall–Kier alpha value is -6.69. The molecule has 8 aromatic carbocycles. The average Bonchev–Trinajstić information content (AvgIpc) is 3.79. The van der Waals surface area contributed by atoms with E-state index in [4.69, 9.17) is 19.4 Å². The van der Waals surface area contributed by atoms with Crippen LogP contribution in [0.5, 0.6) is 0 Å². The minimum atomic E-state index is 0.640. The van der Waals surface area contributed by atoms with Gasteiger partial charge < -0.3 is 4.42 Å². The number of thiophene rings is 1. The van der Waals surface area contributed by atoms with Gasteiger partial charge in [0.15, 0.2) is 17.5 Å². The topological polar surface area (TPSA) is 51.8 Å². The van der Waals surface area contributed by atoms with E-state index in [0.29, 0.717) is 17.5 Å². The van der Waals surface area contributed by atoms with E-state index >= 15 is 0 Å². The van der Waals surface area contributed by atoms with Gasteiger partial charge in [-0.1, -0.05) is 127 Å². The highest BCUT2D eigenvalue weighted by Crippen LogP contribution is 2.43. The summed E-state index contributed by atoms with van der Waals surface area (Å²) in [6, 6.07) is 57.4. The molecular formula is C47H27N3OS. The third-order valence-corrected chi connectivity index (χ3v) is 11.4. The zero-order chi connectivity index (χ0) is 34.2. The van der Waals surface area contributed by atoms with Crippen molar-refractivity contribution in [2.75, 3.05) is 0 Å². The van der Waals surface area contributed by atoms with Crippen LogP contribution in [0, 0.1) is 0 Å². The Labute approximate surface area is 302 Å². The van der Waals surface area contributed by atoms with Crippen LogP contribution >= 0.6 is 11.3 Å². The van der Waals surface area contributed by atoms with Crippen molar-refractivity contribution in [1.82, 2.24) is 15.0 Å². The molecule has 0 amide bonds. The molecule has 0 aliphatic carbocycles. The van der Waals surface area contributed by atoms with E-state index in [1.165, 1.54) is 25.6 Å².